The predicted octanol–water partition coefficient (Wildman–Crippen LogP) is 2.90. The molecule has 1 aromatic heterocycles. The number of hydrogen-bond donors (Lipinski definition) is 2. The Morgan fingerprint density at radius 3 is 2.56 bits per heavy atom. The number of carbonyl (C=O) groups excluding carboxylic acids is 1. The summed E-state index contributed by atoms with van der Waals surface area (Å²) in [5.74, 6) is 0.283. The van der Waals surface area contributed by atoms with E-state index in [-0.39, 0.29) is 10.8 Å². The first kappa shape index (κ1) is 22.3. The number of nitrogens with zero attached hydrogens (tertiary/aromatic N) is 2. The molecule has 32 heavy (non-hydrogen) atoms. The average Bonchev–Trinajstić information content (AvgIpc) is 3.14. The molecule has 0 spiro atoms. The van der Waals surface area contributed by atoms with Gasteiger partial charge in [0.25, 0.3) is 0 Å². The number of nitrogens with one attached hydrogen (secondary N) is 2. The molecule has 0 aliphatic carbocycles. The number of aryl methyl sites for hydroxylation is 2. The lowest BCUT2D eigenvalue weighted by atomic mass is 10.2. The Hall–Kier alpha value is -2.95. The topological polar surface area (TPSA) is 114 Å². The molecule has 170 valence electrons. The van der Waals surface area contributed by atoms with E-state index in [4.69, 9.17) is 9.15 Å². The van der Waals surface area contributed by atoms with Crippen molar-refractivity contribution in [2.45, 2.75) is 31.7 Å². The molecule has 1 aliphatic rings. The molecule has 10 heteroatoms. The number of ether oxygens (including phenoxy) is 1. The van der Waals surface area contributed by atoms with Crippen LogP contribution in [0.5, 0.6) is 0 Å². The third-order valence-electron chi connectivity index (χ3n) is 5.31. The lowest BCUT2D eigenvalue weighted by Gasteiger charge is -2.27. The summed E-state index contributed by atoms with van der Waals surface area (Å²) in [6, 6.07) is 9.76. The molecule has 1 fully saturated rings. The molecule has 0 radical (unpaired) electrons. The fourth-order valence-corrected chi connectivity index (χ4v) is 5.24. The zero-order valence-corrected chi connectivity index (χ0v) is 19.0. The average molecular weight is 459 g/mol. The van der Waals surface area contributed by atoms with E-state index >= 15 is 0 Å². The van der Waals surface area contributed by atoms with Gasteiger partial charge in [0.15, 0.2) is 11.5 Å². The van der Waals surface area contributed by atoms with Gasteiger partial charge in [0.1, 0.15) is 11.6 Å². The summed E-state index contributed by atoms with van der Waals surface area (Å²) in [6.45, 7) is 6.62. The molecule has 1 aliphatic heterocycles. The first-order valence-electron chi connectivity index (χ1n) is 10.4. The van der Waals surface area contributed by atoms with E-state index in [1.165, 1.54) is 10.4 Å². The first-order chi connectivity index (χ1) is 15.2. The summed E-state index contributed by atoms with van der Waals surface area (Å²) in [4.78, 5) is 17.2. The van der Waals surface area contributed by atoms with Crippen LogP contribution in [0.3, 0.4) is 0 Å². The Bertz CT molecular complexity index is 1250. The Kier molecular flexibility index (Phi) is 6.18. The number of anilines is 2. The number of oxazole rings is 1. The Morgan fingerprint density at radius 1 is 1.09 bits per heavy atom. The molecule has 1 amide bonds. The molecule has 9 nitrogen and oxygen atoms in total. The molecule has 2 heterocycles. The van der Waals surface area contributed by atoms with Crippen molar-refractivity contribution in [1.29, 1.82) is 0 Å². The van der Waals surface area contributed by atoms with Crippen molar-refractivity contribution in [3.8, 4) is 0 Å². The van der Waals surface area contributed by atoms with Crippen LogP contribution in [0.25, 0.3) is 11.1 Å². The van der Waals surface area contributed by atoms with E-state index in [0.717, 1.165) is 5.69 Å². The van der Waals surface area contributed by atoms with E-state index in [2.05, 4.69) is 15.6 Å². The van der Waals surface area contributed by atoms with Gasteiger partial charge in [0, 0.05) is 31.4 Å². The number of rotatable bonds is 6. The molecular weight excluding hydrogens is 432 g/mol. The Morgan fingerprint density at radius 2 is 1.81 bits per heavy atom. The molecule has 0 saturated carbocycles. The first-order valence-corrected chi connectivity index (χ1v) is 11.8. The zero-order chi connectivity index (χ0) is 22.9. The maximum absolute atomic E-state index is 13.1. The number of benzene rings is 2. The van der Waals surface area contributed by atoms with Gasteiger partial charge in [-0.1, -0.05) is 6.07 Å². The van der Waals surface area contributed by atoms with Crippen molar-refractivity contribution >= 4 is 38.4 Å². The molecule has 4 rings (SSSR count). The normalized spacial score (nSPS) is 16.1. The summed E-state index contributed by atoms with van der Waals surface area (Å²) >= 11 is 0. The smallest absolute Gasteiger partial charge is 0.246 e. The van der Waals surface area contributed by atoms with E-state index < -0.39 is 16.1 Å². The third kappa shape index (κ3) is 4.62. The number of sulfonamides is 1. The van der Waals surface area contributed by atoms with Crippen molar-refractivity contribution in [3.63, 3.8) is 0 Å². The van der Waals surface area contributed by atoms with Gasteiger partial charge in [-0.2, -0.15) is 4.31 Å². The highest BCUT2D eigenvalue weighted by Gasteiger charge is 2.28. The summed E-state index contributed by atoms with van der Waals surface area (Å²) < 4.78 is 38.3. The molecule has 1 atom stereocenters. The summed E-state index contributed by atoms with van der Waals surface area (Å²) in [5.41, 5.74) is 3.16. The number of carbonyl (C=O) groups is 1. The standard InChI is InChI=1S/C22H26N4O5S/c1-14-4-5-18(13-21(14)32(28,29)26-8-10-30-11-9-26)25-22(27)15(2)23-17-6-7-20-19(12-17)24-16(3)31-20/h4-7,12-13,15,23H,8-11H2,1-3H3,(H,25,27)/t15-/m1/s1. The Balaban J connectivity index is 1.48. The quantitative estimate of drug-likeness (QED) is 0.584. The molecule has 2 aromatic carbocycles. The van der Waals surface area contributed by atoms with Gasteiger partial charge in [0.05, 0.1) is 18.1 Å². The minimum Gasteiger partial charge on any atom is -0.441 e. The van der Waals surface area contributed by atoms with Gasteiger partial charge in [-0.05, 0) is 49.7 Å². The second kappa shape index (κ2) is 8.89. The van der Waals surface area contributed by atoms with Crippen LogP contribution in [0.15, 0.2) is 45.7 Å². The van der Waals surface area contributed by atoms with Gasteiger partial charge < -0.3 is 19.8 Å². The highest BCUT2D eigenvalue weighted by molar-refractivity contribution is 7.89. The number of hydrogen-bond acceptors (Lipinski definition) is 7. The molecule has 1 saturated heterocycles. The van der Waals surface area contributed by atoms with Crippen LogP contribution in [0.4, 0.5) is 11.4 Å². The van der Waals surface area contributed by atoms with Crippen molar-refractivity contribution in [3.05, 3.63) is 47.9 Å². The monoisotopic (exact) mass is 458 g/mol. The van der Waals surface area contributed by atoms with Crippen LogP contribution in [-0.4, -0.2) is 56.0 Å². The van der Waals surface area contributed by atoms with E-state index in [0.29, 0.717) is 54.5 Å². The van der Waals surface area contributed by atoms with Crippen LogP contribution in [0, 0.1) is 13.8 Å². The van der Waals surface area contributed by atoms with E-state index in [1.807, 2.05) is 12.1 Å². The number of amides is 1. The summed E-state index contributed by atoms with van der Waals surface area (Å²) in [7, 11) is -3.67. The van der Waals surface area contributed by atoms with E-state index in [9.17, 15) is 13.2 Å². The number of morpholine rings is 1. The zero-order valence-electron chi connectivity index (χ0n) is 18.2. The lowest BCUT2D eigenvalue weighted by molar-refractivity contribution is -0.116. The van der Waals surface area contributed by atoms with Gasteiger partial charge >= 0.3 is 0 Å². The highest BCUT2D eigenvalue weighted by atomic mass is 32.2. The fourth-order valence-electron chi connectivity index (χ4n) is 3.58. The fraction of sp³-hybridized carbons (Fsp3) is 0.364. The predicted molar refractivity (Wildman–Crippen MR) is 121 cm³/mol. The van der Waals surface area contributed by atoms with Crippen molar-refractivity contribution in [2.75, 3.05) is 36.9 Å². The summed E-state index contributed by atoms with van der Waals surface area (Å²) in [5, 5.41) is 5.94. The third-order valence-corrected chi connectivity index (χ3v) is 7.36. The molecule has 0 unspecified atom stereocenters. The van der Waals surface area contributed by atoms with E-state index in [1.54, 1.807) is 39.0 Å². The highest BCUT2D eigenvalue weighted by Crippen LogP contribution is 2.25. The Labute approximate surface area is 186 Å². The van der Waals surface area contributed by atoms with Crippen LogP contribution < -0.4 is 10.6 Å². The van der Waals surface area contributed by atoms with Crippen LogP contribution in [0.1, 0.15) is 18.4 Å². The minimum atomic E-state index is -3.67. The lowest BCUT2D eigenvalue weighted by Crippen LogP contribution is -2.40. The van der Waals surface area contributed by atoms with Crippen LogP contribution >= 0.6 is 0 Å². The number of fused-ring (bicyclic) bond motifs is 1. The van der Waals surface area contributed by atoms with Gasteiger partial charge in [-0.3, -0.25) is 4.79 Å². The second-order valence-electron chi connectivity index (χ2n) is 7.77. The molecule has 3 aromatic rings. The summed E-state index contributed by atoms with van der Waals surface area (Å²) in [6.07, 6.45) is 0. The van der Waals surface area contributed by atoms with Crippen LogP contribution in [-0.2, 0) is 19.6 Å². The van der Waals surface area contributed by atoms with Gasteiger partial charge in [0.2, 0.25) is 15.9 Å². The minimum absolute atomic E-state index is 0.185. The van der Waals surface area contributed by atoms with Crippen molar-refractivity contribution in [2.24, 2.45) is 0 Å². The molecule has 2 N–H and O–H groups in total. The number of aromatic nitrogens is 1. The maximum atomic E-state index is 13.1. The van der Waals surface area contributed by atoms with Crippen LogP contribution in [0.2, 0.25) is 0 Å². The molecule has 0 bridgehead atoms. The van der Waals surface area contributed by atoms with Crippen molar-refractivity contribution < 1.29 is 22.4 Å². The second-order valence-corrected chi connectivity index (χ2v) is 9.67. The van der Waals surface area contributed by atoms with Gasteiger partial charge in [-0.25, -0.2) is 13.4 Å². The largest absolute Gasteiger partial charge is 0.441 e. The SMILES string of the molecule is Cc1nc2cc(N[C@H](C)C(=O)Nc3ccc(C)c(S(=O)(=O)N4CCOCC4)c3)ccc2o1. The maximum Gasteiger partial charge on any atom is 0.246 e. The molecular formula is C22H26N4O5S. The van der Waals surface area contributed by atoms with Crippen molar-refractivity contribution in [1.82, 2.24) is 9.29 Å². The van der Waals surface area contributed by atoms with Gasteiger partial charge in [-0.15, -0.1) is 0 Å².